The monoisotopic (exact) mass is 293 g/mol. The van der Waals surface area contributed by atoms with E-state index in [-0.39, 0.29) is 17.3 Å². The van der Waals surface area contributed by atoms with E-state index in [1.165, 1.54) is 6.07 Å². The molecular weight excluding hydrogens is 274 g/mol. The third-order valence-electron chi connectivity index (χ3n) is 3.53. The van der Waals surface area contributed by atoms with Crippen LogP contribution in [-0.4, -0.2) is 48.5 Å². The van der Waals surface area contributed by atoms with Crippen LogP contribution in [0.25, 0.3) is 0 Å². The predicted molar refractivity (Wildman–Crippen MR) is 78.7 cm³/mol. The molecule has 1 aliphatic rings. The number of nitro groups is 1. The minimum absolute atomic E-state index is 0.0250. The Morgan fingerprint density at radius 2 is 2.00 bits per heavy atom. The molecule has 1 fully saturated rings. The Hall–Kier alpha value is -2.31. The second kappa shape index (κ2) is 6.43. The van der Waals surface area contributed by atoms with Gasteiger partial charge < -0.3 is 14.5 Å². The lowest BCUT2D eigenvalue weighted by molar-refractivity contribution is -0.385. The number of nitro benzene ring substituents is 1. The minimum atomic E-state index is -0.442. The number of anilines is 1. The van der Waals surface area contributed by atoms with Crippen molar-refractivity contribution >= 4 is 17.3 Å². The molecular formula is C14H19N3O4. The van der Waals surface area contributed by atoms with Gasteiger partial charge in [0.15, 0.2) is 5.75 Å². The molecule has 7 nitrogen and oxygen atoms in total. The van der Waals surface area contributed by atoms with Crippen molar-refractivity contribution in [3.05, 3.63) is 28.3 Å². The highest BCUT2D eigenvalue weighted by molar-refractivity contribution is 5.73. The molecule has 0 aliphatic carbocycles. The molecule has 0 spiro atoms. The normalized spacial score (nSPS) is 15.0. The van der Waals surface area contributed by atoms with Gasteiger partial charge in [-0.2, -0.15) is 0 Å². The Balaban J connectivity index is 2.16. The van der Waals surface area contributed by atoms with Gasteiger partial charge in [-0.15, -0.1) is 0 Å². The molecule has 1 aromatic carbocycles. The highest BCUT2D eigenvalue weighted by Gasteiger charge is 2.21. The molecule has 0 aromatic heterocycles. The van der Waals surface area contributed by atoms with E-state index in [2.05, 4.69) is 4.90 Å². The maximum Gasteiger partial charge on any atom is 0.311 e. The second-order valence-corrected chi connectivity index (χ2v) is 4.84. The van der Waals surface area contributed by atoms with Crippen molar-refractivity contribution in [2.45, 2.75) is 13.8 Å². The number of amides is 1. The topological polar surface area (TPSA) is 75.9 Å². The Bertz CT molecular complexity index is 539. The summed E-state index contributed by atoms with van der Waals surface area (Å²) in [5.74, 6) is 0.363. The molecule has 0 bridgehead atoms. The summed E-state index contributed by atoms with van der Waals surface area (Å²) in [4.78, 5) is 25.7. The summed E-state index contributed by atoms with van der Waals surface area (Å²) in [5, 5.41) is 11.0. The largest absolute Gasteiger partial charge is 0.487 e. The fourth-order valence-electron chi connectivity index (χ4n) is 2.40. The van der Waals surface area contributed by atoms with Crippen molar-refractivity contribution in [3.63, 3.8) is 0 Å². The average molecular weight is 293 g/mol. The van der Waals surface area contributed by atoms with Crippen LogP contribution in [0, 0.1) is 10.1 Å². The molecule has 0 N–H and O–H groups in total. The lowest BCUT2D eigenvalue weighted by atomic mass is 10.2. The van der Waals surface area contributed by atoms with Crippen LogP contribution in [0.5, 0.6) is 5.75 Å². The number of ether oxygens (including phenoxy) is 1. The van der Waals surface area contributed by atoms with Crippen molar-refractivity contribution in [2.75, 3.05) is 37.7 Å². The van der Waals surface area contributed by atoms with E-state index in [1.54, 1.807) is 30.9 Å². The van der Waals surface area contributed by atoms with Crippen LogP contribution >= 0.6 is 0 Å². The molecule has 21 heavy (non-hydrogen) atoms. The first-order valence-corrected chi connectivity index (χ1v) is 6.94. The van der Waals surface area contributed by atoms with Gasteiger partial charge in [0.25, 0.3) is 0 Å². The summed E-state index contributed by atoms with van der Waals surface area (Å²) in [5.41, 5.74) is 0.857. The lowest BCUT2D eigenvalue weighted by Gasteiger charge is -2.35. The smallest absolute Gasteiger partial charge is 0.311 e. The maximum atomic E-state index is 11.3. The first-order valence-electron chi connectivity index (χ1n) is 6.94. The van der Waals surface area contributed by atoms with E-state index in [4.69, 9.17) is 4.74 Å². The Morgan fingerprint density at radius 1 is 1.33 bits per heavy atom. The number of nitrogens with zero attached hydrogens (tertiary/aromatic N) is 3. The Labute approximate surface area is 123 Å². The van der Waals surface area contributed by atoms with E-state index >= 15 is 0 Å². The van der Waals surface area contributed by atoms with Crippen molar-refractivity contribution in [1.82, 2.24) is 4.90 Å². The van der Waals surface area contributed by atoms with Crippen LogP contribution in [0.2, 0.25) is 0 Å². The van der Waals surface area contributed by atoms with Crippen molar-refractivity contribution in [3.8, 4) is 5.75 Å². The molecule has 0 radical (unpaired) electrons. The Morgan fingerprint density at radius 3 is 2.52 bits per heavy atom. The second-order valence-electron chi connectivity index (χ2n) is 4.84. The highest BCUT2D eigenvalue weighted by Crippen LogP contribution is 2.32. The molecule has 1 aromatic rings. The first-order chi connectivity index (χ1) is 10.0. The number of benzene rings is 1. The summed E-state index contributed by atoms with van der Waals surface area (Å²) in [6.07, 6.45) is 0. The zero-order chi connectivity index (χ0) is 15.4. The number of rotatable bonds is 4. The van der Waals surface area contributed by atoms with Gasteiger partial charge in [-0.3, -0.25) is 14.9 Å². The molecule has 1 amide bonds. The zero-order valence-corrected chi connectivity index (χ0v) is 12.2. The summed E-state index contributed by atoms with van der Waals surface area (Å²) in [6, 6.07) is 4.90. The van der Waals surface area contributed by atoms with Gasteiger partial charge in [-0.05, 0) is 13.0 Å². The van der Waals surface area contributed by atoms with Crippen molar-refractivity contribution < 1.29 is 14.5 Å². The average Bonchev–Trinajstić information content (AvgIpc) is 2.47. The van der Waals surface area contributed by atoms with Gasteiger partial charge in [0, 0.05) is 50.9 Å². The summed E-state index contributed by atoms with van der Waals surface area (Å²) in [6.45, 7) is 6.48. The molecule has 1 saturated heterocycles. The molecule has 1 heterocycles. The van der Waals surface area contributed by atoms with Gasteiger partial charge in [0.2, 0.25) is 5.91 Å². The molecule has 7 heteroatoms. The van der Waals surface area contributed by atoms with Crippen LogP contribution in [0.4, 0.5) is 11.4 Å². The number of carbonyl (C=O) groups is 1. The van der Waals surface area contributed by atoms with Crippen LogP contribution in [0.15, 0.2) is 18.2 Å². The van der Waals surface area contributed by atoms with Gasteiger partial charge in [0.1, 0.15) is 0 Å². The van der Waals surface area contributed by atoms with Gasteiger partial charge >= 0.3 is 5.69 Å². The van der Waals surface area contributed by atoms with E-state index in [1.807, 2.05) is 0 Å². The summed E-state index contributed by atoms with van der Waals surface area (Å²) < 4.78 is 5.36. The van der Waals surface area contributed by atoms with Crippen LogP contribution in [0.3, 0.4) is 0 Å². The maximum absolute atomic E-state index is 11.3. The third-order valence-corrected chi connectivity index (χ3v) is 3.53. The van der Waals surface area contributed by atoms with Gasteiger partial charge in [-0.1, -0.05) is 0 Å². The summed E-state index contributed by atoms with van der Waals surface area (Å²) >= 11 is 0. The fraction of sp³-hybridized carbons (Fsp3) is 0.500. The molecule has 114 valence electrons. The van der Waals surface area contributed by atoms with Crippen LogP contribution in [-0.2, 0) is 4.79 Å². The van der Waals surface area contributed by atoms with E-state index in [9.17, 15) is 14.9 Å². The fourth-order valence-corrected chi connectivity index (χ4v) is 2.40. The number of piperazine rings is 1. The zero-order valence-electron chi connectivity index (χ0n) is 12.2. The standard InChI is InChI=1S/C14H19N3O4/c1-3-21-14-10-12(4-5-13(14)17(19)20)16-8-6-15(7-9-16)11(2)18/h4-5,10H,3,6-9H2,1-2H3. The third kappa shape index (κ3) is 3.42. The van der Waals surface area contributed by atoms with Crippen molar-refractivity contribution in [2.24, 2.45) is 0 Å². The molecule has 0 saturated carbocycles. The Kier molecular flexibility index (Phi) is 4.62. The number of hydrogen-bond acceptors (Lipinski definition) is 5. The van der Waals surface area contributed by atoms with Crippen LogP contribution in [0.1, 0.15) is 13.8 Å². The minimum Gasteiger partial charge on any atom is -0.487 e. The SMILES string of the molecule is CCOc1cc(N2CCN(C(C)=O)CC2)ccc1[N+](=O)[O-]. The van der Waals surface area contributed by atoms with E-state index in [0.717, 1.165) is 5.69 Å². The summed E-state index contributed by atoms with van der Waals surface area (Å²) in [7, 11) is 0. The molecule has 0 unspecified atom stereocenters. The van der Waals surface area contributed by atoms with E-state index in [0.29, 0.717) is 32.8 Å². The predicted octanol–water partition coefficient (Wildman–Crippen LogP) is 1.66. The molecule has 2 rings (SSSR count). The number of carbonyl (C=O) groups excluding carboxylic acids is 1. The van der Waals surface area contributed by atoms with Crippen LogP contribution < -0.4 is 9.64 Å². The number of hydrogen-bond donors (Lipinski definition) is 0. The first kappa shape index (κ1) is 15.1. The quantitative estimate of drug-likeness (QED) is 0.623. The van der Waals surface area contributed by atoms with Crippen molar-refractivity contribution in [1.29, 1.82) is 0 Å². The van der Waals surface area contributed by atoms with Gasteiger partial charge in [-0.25, -0.2) is 0 Å². The lowest BCUT2D eigenvalue weighted by Crippen LogP contribution is -2.48. The van der Waals surface area contributed by atoms with E-state index < -0.39 is 4.92 Å². The highest BCUT2D eigenvalue weighted by atomic mass is 16.6. The molecule has 0 atom stereocenters. The van der Waals surface area contributed by atoms with Gasteiger partial charge in [0.05, 0.1) is 11.5 Å². The molecule has 1 aliphatic heterocycles.